The van der Waals surface area contributed by atoms with Gasteiger partial charge in [0.05, 0.1) is 6.26 Å². The Morgan fingerprint density at radius 3 is 2.83 bits per heavy atom. The summed E-state index contributed by atoms with van der Waals surface area (Å²) in [5.41, 5.74) is 1.90. The Kier molecular flexibility index (Phi) is 3.14. The number of hydrogen-bond acceptors (Lipinski definition) is 3. The van der Waals surface area contributed by atoms with Crippen LogP contribution in [0.25, 0.3) is 0 Å². The molecule has 0 aromatic carbocycles. The lowest BCUT2D eigenvalue weighted by Gasteiger charge is -2.03. The molecular weight excluding hydrogens is 152 g/mol. The van der Waals surface area contributed by atoms with E-state index in [9.17, 15) is 0 Å². The molecule has 0 atom stereocenters. The van der Waals surface area contributed by atoms with Crippen molar-refractivity contribution < 1.29 is 5.11 Å². The van der Waals surface area contributed by atoms with Crippen molar-refractivity contribution in [2.45, 2.75) is 13.5 Å². The second kappa shape index (κ2) is 4.38. The van der Waals surface area contributed by atoms with Crippen molar-refractivity contribution in [1.82, 2.24) is 10.3 Å². The van der Waals surface area contributed by atoms with Crippen molar-refractivity contribution in [2.24, 2.45) is 0 Å². The zero-order valence-electron chi connectivity index (χ0n) is 6.99. The number of aromatic nitrogens is 1. The van der Waals surface area contributed by atoms with Gasteiger partial charge in [0.1, 0.15) is 0 Å². The molecular formula is C9H12N2O. The fourth-order valence-corrected chi connectivity index (χ4v) is 0.788. The van der Waals surface area contributed by atoms with E-state index in [4.69, 9.17) is 5.11 Å². The van der Waals surface area contributed by atoms with Crippen molar-refractivity contribution in [3.05, 3.63) is 42.0 Å². The molecule has 0 saturated heterocycles. The molecule has 3 heteroatoms. The Bertz CT molecular complexity index is 256. The molecule has 0 aliphatic carbocycles. The van der Waals surface area contributed by atoms with Gasteiger partial charge >= 0.3 is 0 Å². The fourth-order valence-electron chi connectivity index (χ4n) is 0.788. The van der Waals surface area contributed by atoms with E-state index in [0.29, 0.717) is 6.54 Å². The predicted octanol–water partition coefficient (Wildman–Crippen LogP) is 1.59. The fraction of sp³-hybridized carbons (Fsp3) is 0.222. The van der Waals surface area contributed by atoms with Crippen LogP contribution in [-0.2, 0) is 6.54 Å². The number of rotatable bonds is 3. The predicted molar refractivity (Wildman–Crippen MR) is 47.5 cm³/mol. The third-order valence-electron chi connectivity index (χ3n) is 1.51. The number of nitrogens with one attached hydrogen (secondary N) is 1. The Balaban J connectivity index is 2.44. The first-order valence-corrected chi connectivity index (χ1v) is 3.76. The van der Waals surface area contributed by atoms with E-state index in [-0.39, 0.29) is 0 Å². The minimum absolute atomic E-state index is 0.714. The van der Waals surface area contributed by atoms with E-state index in [1.54, 1.807) is 19.3 Å². The van der Waals surface area contributed by atoms with Crippen LogP contribution in [0.15, 0.2) is 36.5 Å². The first-order valence-electron chi connectivity index (χ1n) is 3.76. The lowest BCUT2D eigenvalue weighted by atomic mass is 10.3. The number of aliphatic hydroxyl groups is 1. The number of pyridine rings is 1. The van der Waals surface area contributed by atoms with E-state index in [1.165, 1.54) is 0 Å². The SMILES string of the molecule is C/C(=C/O)NCc1ccncc1. The Morgan fingerprint density at radius 1 is 1.58 bits per heavy atom. The van der Waals surface area contributed by atoms with E-state index in [2.05, 4.69) is 10.3 Å². The summed E-state index contributed by atoms with van der Waals surface area (Å²) < 4.78 is 0. The summed E-state index contributed by atoms with van der Waals surface area (Å²) in [6.45, 7) is 2.52. The summed E-state index contributed by atoms with van der Waals surface area (Å²) in [6.07, 6.45) is 4.55. The molecule has 0 amide bonds. The summed E-state index contributed by atoms with van der Waals surface area (Å²) in [4.78, 5) is 3.90. The van der Waals surface area contributed by atoms with Gasteiger partial charge in [-0.15, -0.1) is 0 Å². The largest absolute Gasteiger partial charge is 0.514 e. The molecule has 1 aromatic heterocycles. The average Bonchev–Trinajstić information content (AvgIpc) is 2.16. The second-order valence-electron chi connectivity index (χ2n) is 2.52. The minimum Gasteiger partial charge on any atom is -0.514 e. The highest BCUT2D eigenvalue weighted by Gasteiger charge is 1.90. The molecule has 1 aromatic rings. The van der Waals surface area contributed by atoms with Crippen LogP contribution in [0.2, 0.25) is 0 Å². The highest BCUT2D eigenvalue weighted by atomic mass is 16.2. The average molecular weight is 164 g/mol. The molecule has 0 aliphatic heterocycles. The molecule has 12 heavy (non-hydrogen) atoms. The molecule has 0 fully saturated rings. The molecule has 2 N–H and O–H groups in total. The van der Waals surface area contributed by atoms with Gasteiger partial charge in [-0.1, -0.05) is 0 Å². The minimum atomic E-state index is 0.714. The van der Waals surface area contributed by atoms with Crippen molar-refractivity contribution in [2.75, 3.05) is 0 Å². The van der Waals surface area contributed by atoms with Gasteiger partial charge in [-0.3, -0.25) is 4.98 Å². The van der Waals surface area contributed by atoms with E-state index >= 15 is 0 Å². The van der Waals surface area contributed by atoms with Crippen LogP contribution in [0.4, 0.5) is 0 Å². The van der Waals surface area contributed by atoms with Crippen LogP contribution in [0.5, 0.6) is 0 Å². The Hall–Kier alpha value is -1.51. The lowest BCUT2D eigenvalue weighted by molar-refractivity contribution is 0.460. The van der Waals surface area contributed by atoms with Crippen molar-refractivity contribution in [3.8, 4) is 0 Å². The zero-order valence-corrected chi connectivity index (χ0v) is 6.99. The first kappa shape index (κ1) is 8.59. The monoisotopic (exact) mass is 164 g/mol. The van der Waals surface area contributed by atoms with Gasteiger partial charge in [0.15, 0.2) is 0 Å². The third kappa shape index (κ3) is 2.62. The number of nitrogens with zero attached hydrogens (tertiary/aromatic N) is 1. The van der Waals surface area contributed by atoms with Crippen molar-refractivity contribution >= 4 is 0 Å². The highest BCUT2D eigenvalue weighted by molar-refractivity contribution is 5.10. The summed E-state index contributed by atoms with van der Waals surface area (Å²) in [5, 5.41) is 11.6. The summed E-state index contributed by atoms with van der Waals surface area (Å²) in [6, 6.07) is 3.86. The zero-order chi connectivity index (χ0) is 8.81. The summed E-state index contributed by atoms with van der Waals surface area (Å²) in [7, 11) is 0. The van der Waals surface area contributed by atoms with Crippen LogP contribution in [0.1, 0.15) is 12.5 Å². The lowest BCUT2D eigenvalue weighted by Crippen LogP contribution is -2.10. The summed E-state index contributed by atoms with van der Waals surface area (Å²) >= 11 is 0. The van der Waals surface area contributed by atoms with Crippen LogP contribution >= 0.6 is 0 Å². The maximum absolute atomic E-state index is 8.58. The standard InChI is InChI=1S/C9H12N2O/c1-8(7-12)11-6-9-2-4-10-5-3-9/h2-5,7,11-12H,6H2,1H3/b8-7-. The van der Waals surface area contributed by atoms with E-state index in [1.807, 2.05) is 12.1 Å². The second-order valence-corrected chi connectivity index (χ2v) is 2.52. The molecule has 1 heterocycles. The molecule has 0 saturated carbocycles. The molecule has 3 nitrogen and oxygen atoms in total. The van der Waals surface area contributed by atoms with Gasteiger partial charge in [-0.2, -0.15) is 0 Å². The molecule has 64 valence electrons. The number of aliphatic hydroxyl groups excluding tert-OH is 1. The molecule has 0 spiro atoms. The van der Waals surface area contributed by atoms with Gasteiger partial charge in [0.2, 0.25) is 0 Å². The Morgan fingerprint density at radius 2 is 2.25 bits per heavy atom. The van der Waals surface area contributed by atoms with Gasteiger partial charge in [-0.05, 0) is 24.6 Å². The Labute approximate surface area is 71.8 Å². The first-order chi connectivity index (χ1) is 5.83. The number of allylic oxidation sites excluding steroid dienone is 1. The van der Waals surface area contributed by atoms with E-state index in [0.717, 1.165) is 17.5 Å². The molecule has 0 aliphatic rings. The normalized spacial score (nSPS) is 11.2. The summed E-state index contributed by atoms with van der Waals surface area (Å²) in [5.74, 6) is 0. The topological polar surface area (TPSA) is 45.1 Å². The van der Waals surface area contributed by atoms with Crippen LogP contribution in [0.3, 0.4) is 0 Å². The quantitative estimate of drug-likeness (QED) is 0.667. The van der Waals surface area contributed by atoms with Crippen molar-refractivity contribution in [1.29, 1.82) is 0 Å². The third-order valence-corrected chi connectivity index (χ3v) is 1.51. The molecule has 0 bridgehead atoms. The van der Waals surface area contributed by atoms with Gasteiger partial charge < -0.3 is 10.4 Å². The van der Waals surface area contributed by atoms with Gasteiger partial charge in [0, 0.05) is 24.6 Å². The smallest absolute Gasteiger partial charge is 0.0978 e. The molecule has 0 unspecified atom stereocenters. The van der Waals surface area contributed by atoms with Gasteiger partial charge in [-0.25, -0.2) is 0 Å². The van der Waals surface area contributed by atoms with Crippen LogP contribution in [0, 0.1) is 0 Å². The highest BCUT2D eigenvalue weighted by Crippen LogP contribution is 1.96. The maximum atomic E-state index is 8.58. The van der Waals surface area contributed by atoms with Crippen molar-refractivity contribution in [3.63, 3.8) is 0 Å². The van der Waals surface area contributed by atoms with Crippen LogP contribution in [-0.4, -0.2) is 10.1 Å². The van der Waals surface area contributed by atoms with Gasteiger partial charge in [0.25, 0.3) is 0 Å². The molecule has 0 radical (unpaired) electrons. The maximum Gasteiger partial charge on any atom is 0.0978 e. The van der Waals surface area contributed by atoms with Crippen LogP contribution < -0.4 is 5.32 Å². The molecule has 1 rings (SSSR count). The van der Waals surface area contributed by atoms with E-state index < -0.39 is 0 Å². The number of hydrogen-bond donors (Lipinski definition) is 2.